The summed E-state index contributed by atoms with van der Waals surface area (Å²) in [6.45, 7) is 1.01. The highest BCUT2D eigenvalue weighted by atomic mass is 32.2. The second kappa shape index (κ2) is 6.44. The molecule has 1 aliphatic rings. The van der Waals surface area contributed by atoms with E-state index in [1.54, 1.807) is 0 Å². The van der Waals surface area contributed by atoms with Gasteiger partial charge in [-0.25, -0.2) is 0 Å². The van der Waals surface area contributed by atoms with Gasteiger partial charge in [0.1, 0.15) is 0 Å². The van der Waals surface area contributed by atoms with Crippen molar-refractivity contribution in [3.63, 3.8) is 0 Å². The quantitative estimate of drug-likeness (QED) is 0.652. The number of hydrogen-bond acceptors (Lipinski definition) is 3. The predicted molar refractivity (Wildman–Crippen MR) is 85.9 cm³/mol. The van der Waals surface area contributed by atoms with Gasteiger partial charge in [-0.2, -0.15) is 0 Å². The molecule has 0 aliphatic heterocycles. The van der Waals surface area contributed by atoms with Crippen LogP contribution >= 0.6 is 11.8 Å². The summed E-state index contributed by atoms with van der Waals surface area (Å²) < 4.78 is 0. The fourth-order valence-electron chi connectivity index (χ4n) is 2.79. The lowest BCUT2D eigenvalue weighted by Crippen LogP contribution is -2.22. The minimum atomic E-state index is 0.186. The lowest BCUT2D eigenvalue weighted by Gasteiger charge is -2.13. The maximum atomic E-state index is 6.19. The summed E-state index contributed by atoms with van der Waals surface area (Å²) in [4.78, 5) is 1.33. The smallest absolute Gasteiger partial charge is 0.0341 e. The molecule has 0 bridgehead atoms. The van der Waals surface area contributed by atoms with Crippen molar-refractivity contribution in [2.45, 2.75) is 23.4 Å². The summed E-state index contributed by atoms with van der Waals surface area (Å²) >= 11 is 1.89. The first-order valence-corrected chi connectivity index (χ1v) is 8.09. The van der Waals surface area contributed by atoms with Crippen molar-refractivity contribution in [2.75, 3.05) is 12.3 Å². The highest BCUT2D eigenvalue weighted by molar-refractivity contribution is 7.99. The van der Waals surface area contributed by atoms with Crippen molar-refractivity contribution in [2.24, 2.45) is 5.73 Å². The lowest BCUT2D eigenvalue weighted by atomic mass is 10.1. The molecule has 3 heteroatoms. The van der Waals surface area contributed by atoms with Gasteiger partial charge in [-0.3, -0.25) is 0 Å². The van der Waals surface area contributed by atoms with Gasteiger partial charge in [0.15, 0.2) is 0 Å². The molecule has 3 rings (SSSR count). The van der Waals surface area contributed by atoms with Crippen molar-refractivity contribution >= 4 is 11.8 Å². The number of rotatable bonds is 5. The molecular formula is C17H20N2S. The summed E-state index contributed by atoms with van der Waals surface area (Å²) in [6.07, 6.45) is 1.01. The van der Waals surface area contributed by atoms with Gasteiger partial charge in [0.2, 0.25) is 0 Å². The summed E-state index contributed by atoms with van der Waals surface area (Å²) in [5, 5.41) is 3.64. The molecule has 0 heterocycles. The maximum Gasteiger partial charge on any atom is 0.0341 e. The molecule has 0 fully saturated rings. The second-order valence-corrected chi connectivity index (χ2v) is 6.31. The minimum Gasteiger partial charge on any atom is -0.324 e. The van der Waals surface area contributed by atoms with Gasteiger partial charge in [-0.05, 0) is 29.7 Å². The largest absolute Gasteiger partial charge is 0.324 e. The van der Waals surface area contributed by atoms with Crippen LogP contribution in [0.2, 0.25) is 0 Å². The van der Waals surface area contributed by atoms with E-state index in [1.165, 1.54) is 16.0 Å². The topological polar surface area (TPSA) is 38.0 Å². The Morgan fingerprint density at radius 3 is 2.50 bits per heavy atom. The highest BCUT2D eigenvalue weighted by Gasteiger charge is 2.27. The van der Waals surface area contributed by atoms with E-state index in [4.69, 9.17) is 5.73 Å². The van der Waals surface area contributed by atoms with Crippen LogP contribution in [0.3, 0.4) is 0 Å². The van der Waals surface area contributed by atoms with E-state index in [0.717, 1.165) is 18.7 Å². The number of nitrogens with two attached hydrogens (primary N) is 1. The Morgan fingerprint density at radius 2 is 1.70 bits per heavy atom. The van der Waals surface area contributed by atoms with Crippen LogP contribution in [0.25, 0.3) is 0 Å². The zero-order valence-electron chi connectivity index (χ0n) is 11.5. The molecule has 2 aromatic carbocycles. The first-order chi connectivity index (χ1) is 9.84. The Kier molecular flexibility index (Phi) is 4.41. The summed E-state index contributed by atoms with van der Waals surface area (Å²) in [5.41, 5.74) is 8.87. The summed E-state index contributed by atoms with van der Waals surface area (Å²) in [7, 11) is 0. The normalized spacial score (nSPS) is 20.9. The third kappa shape index (κ3) is 3.06. The van der Waals surface area contributed by atoms with E-state index in [1.807, 2.05) is 11.8 Å². The summed E-state index contributed by atoms with van der Waals surface area (Å²) in [5.74, 6) is 1.08. The number of thioether (sulfide) groups is 1. The Bertz CT molecular complexity index is 556. The molecule has 2 atom stereocenters. The first kappa shape index (κ1) is 13.7. The van der Waals surface area contributed by atoms with E-state index >= 15 is 0 Å². The van der Waals surface area contributed by atoms with Crippen LogP contribution in [0.1, 0.15) is 29.6 Å². The van der Waals surface area contributed by atoms with Crippen molar-refractivity contribution in [3.05, 3.63) is 65.7 Å². The van der Waals surface area contributed by atoms with E-state index in [-0.39, 0.29) is 6.04 Å². The number of hydrogen-bond donors (Lipinski definition) is 2. The lowest BCUT2D eigenvalue weighted by molar-refractivity contribution is 0.515. The predicted octanol–water partition coefficient (Wildman–Crippen LogP) is 3.51. The third-order valence-corrected chi connectivity index (χ3v) is 4.78. The number of nitrogens with one attached hydrogen (secondary N) is 1. The molecule has 2 aromatic rings. The van der Waals surface area contributed by atoms with Crippen LogP contribution < -0.4 is 11.1 Å². The zero-order chi connectivity index (χ0) is 13.8. The van der Waals surface area contributed by atoms with E-state index < -0.39 is 0 Å². The van der Waals surface area contributed by atoms with Crippen molar-refractivity contribution in [1.82, 2.24) is 5.32 Å². The van der Waals surface area contributed by atoms with Gasteiger partial charge in [0, 0.05) is 29.3 Å². The zero-order valence-corrected chi connectivity index (χ0v) is 12.3. The first-order valence-electron chi connectivity index (χ1n) is 7.10. The van der Waals surface area contributed by atoms with Crippen molar-refractivity contribution in [1.29, 1.82) is 0 Å². The molecule has 0 amide bonds. The fraction of sp³-hybridized carbons (Fsp3) is 0.294. The Labute approximate surface area is 124 Å². The second-order valence-electron chi connectivity index (χ2n) is 5.14. The van der Waals surface area contributed by atoms with Crippen molar-refractivity contribution in [3.8, 4) is 0 Å². The average molecular weight is 284 g/mol. The highest BCUT2D eigenvalue weighted by Crippen LogP contribution is 2.36. The summed E-state index contributed by atoms with van der Waals surface area (Å²) in [6, 6.07) is 19.7. The van der Waals surface area contributed by atoms with E-state index in [9.17, 15) is 0 Å². The van der Waals surface area contributed by atoms with Gasteiger partial charge in [0.05, 0.1) is 0 Å². The molecule has 3 N–H and O–H groups in total. The molecule has 0 saturated heterocycles. The standard InChI is InChI=1S/C17H20N2S/c18-16-12-17(15-9-5-4-8-14(15)16)19-10-11-20-13-6-2-1-3-7-13/h1-9,16-17,19H,10-12,18H2. The molecule has 20 heavy (non-hydrogen) atoms. The monoisotopic (exact) mass is 284 g/mol. The Hall–Kier alpha value is -1.29. The van der Waals surface area contributed by atoms with Crippen LogP contribution in [0.15, 0.2) is 59.5 Å². The van der Waals surface area contributed by atoms with E-state index in [0.29, 0.717) is 6.04 Å². The molecule has 2 unspecified atom stereocenters. The van der Waals surface area contributed by atoms with Gasteiger partial charge >= 0.3 is 0 Å². The number of fused-ring (bicyclic) bond motifs is 1. The van der Waals surface area contributed by atoms with Gasteiger partial charge < -0.3 is 11.1 Å². The molecule has 104 valence electrons. The molecular weight excluding hydrogens is 264 g/mol. The van der Waals surface area contributed by atoms with E-state index in [2.05, 4.69) is 59.9 Å². The maximum absolute atomic E-state index is 6.19. The minimum absolute atomic E-state index is 0.186. The van der Waals surface area contributed by atoms with Gasteiger partial charge in [-0.1, -0.05) is 42.5 Å². The Morgan fingerprint density at radius 1 is 1.00 bits per heavy atom. The van der Waals surface area contributed by atoms with Crippen LogP contribution in [0.5, 0.6) is 0 Å². The third-order valence-electron chi connectivity index (χ3n) is 3.77. The van der Waals surface area contributed by atoms with Crippen LogP contribution in [-0.4, -0.2) is 12.3 Å². The van der Waals surface area contributed by atoms with Crippen molar-refractivity contribution < 1.29 is 0 Å². The molecule has 0 aromatic heterocycles. The van der Waals surface area contributed by atoms with Gasteiger partial charge in [-0.15, -0.1) is 11.8 Å². The fourth-order valence-corrected chi connectivity index (χ4v) is 3.59. The molecule has 0 radical (unpaired) electrons. The van der Waals surface area contributed by atoms with Gasteiger partial charge in [0.25, 0.3) is 0 Å². The molecule has 0 spiro atoms. The van der Waals surface area contributed by atoms with Crippen LogP contribution in [0.4, 0.5) is 0 Å². The average Bonchev–Trinajstić information content (AvgIpc) is 2.82. The molecule has 2 nitrogen and oxygen atoms in total. The van der Waals surface area contributed by atoms with Crippen LogP contribution in [-0.2, 0) is 0 Å². The SMILES string of the molecule is NC1CC(NCCSc2ccccc2)c2ccccc21. The van der Waals surface area contributed by atoms with Crippen LogP contribution in [0, 0.1) is 0 Å². The number of benzene rings is 2. The Balaban J connectivity index is 1.50. The molecule has 0 saturated carbocycles. The molecule has 1 aliphatic carbocycles.